The molecular weight excluding hydrogens is 254 g/mol. The third-order valence-electron chi connectivity index (χ3n) is 2.77. The van der Waals surface area contributed by atoms with Gasteiger partial charge >= 0.3 is 0 Å². The van der Waals surface area contributed by atoms with Gasteiger partial charge in [-0.2, -0.15) is 5.26 Å². The number of rotatable bonds is 4. The molecule has 20 heavy (non-hydrogen) atoms. The molecule has 0 fully saturated rings. The number of nitriles is 1. The molecule has 0 aliphatic heterocycles. The Balaban J connectivity index is 2.11. The number of nitrogens with zero attached hydrogens (tertiary/aromatic N) is 2. The van der Waals surface area contributed by atoms with E-state index in [-0.39, 0.29) is 5.91 Å². The van der Waals surface area contributed by atoms with Gasteiger partial charge in [-0.05, 0) is 30.3 Å². The van der Waals surface area contributed by atoms with Crippen molar-refractivity contribution >= 4 is 5.91 Å². The van der Waals surface area contributed by atoms with Crippen molar-refractivity contribution in [2.75, 3.05) is 7.11 Å². The van der Waals surface area contributed by atoms with Crippen molar-refractivity contribution in [3.63, 3.8) is 0 Å². The number of carbonyl (C=O) groups is 1. The zero-order chi connectivity index (χ0) is 14.4. The summed E-state index contributed by atoms with van der Waals surface area (Å²) in [5.74, 6) is 0.355. The van der Waals surface area contributed by atoms with Crippen LogP contribution >= 0.6 is 0 Å². The van der Waals surface area contributed by atoms with E-state index in [2.05, 4.69) is 10.3 Å². The highest BCUT2D eigenvalue weighted by Gasteiger charge is 2.15. The van der Waals surface area contributed by atoms with Crippen molar-refractivity contribution in [1.29, 1.82) is 5.26 Å². The Morgan fingerprint density at radius 3 is 2.65 bits per heavy atom. The summed E-state index contributed by atoms with van der Waals surface area (Å²) >= 11 is 0. The van der Waals surface area contributed by atoms with Crippen LogP contribution in [0, 0.1) is 11.3 Å². The Morgan fingerprint density at radius 1 is 1.35 bits per heavy atom. The van der Waals surface area contributed by atoms with E-state index < -0.39 is 6.04 Å². The molecule has 5 nitrogen and oxygen atoms in total. The molecule has 0 saturated carbocycles. The summed E-state index contributed by atoms with van der Waals surface area (Å²) in [6, 6.07) is 11.5. The SMILES string of the molecule is COc1ccc(C(=O)NC(C#N)c2cccnc2)cc1. The van der Waals surface area contributed by atoms with Crippen LogP contribution in [0.3, 0.4) is 0 Å². The number of nitrogens with one attached hydrogen (secondary N) is 1. The van der Waals surface area contributed by atoms with Gasteiger partial charge in [0, 0.05) is 23.5 Å². The van der Waals surface area contributed by atoms with Crippen LogP contribution in [0.15, 0.2) is 48.8 Å². The number of methoxy groups -OCH3 is 1. The molecule has 1 heterocycles. The number of amides is 1. The zero-order valence-electron chi connectivity index (χ0n) is 10.9. The van der Waals surface area contributed by atoms with Gasteiger partial charge in [-0.15, -0.1) is 0 Å². The van der Waals surface area contributed by atoms with Gasteiger partial charge in [0.25, 0.3) is 5.91 Å². The highest BCUT2D eigenvalue weighted by atomic mass is 16.5. The number of aromatic nitrogens is 1. The Hall–Kier alpha value is -2.87. The average Bonchev–Trinajstić information content (AvgIpc) is 2.53. The van der Waals surface area contributed by atoms with E-state index in [4.69, 9.17) is 10.00 Å². The number of benzene rings is 1. The Labute approximate surface area is 116 Å². The molecule has 1 atom stereocenters. The van der Waals surface area contributed by atoms with E-state index in [0.717, 1.165) is 0 Å². The smallest absolute Gasteiger partial charge is 0.252 e. The number of hydrogen-bond acceptors (Lipinski definition) is 4. The van der Waals surface area contributed by atoms with Gasteiger partial charge in [-0.25, -0.2) is 0 Å². The summed E-state index contributed by atoms with van der Waals surface area (Å²) in [5.41, 5.74) is 1.12. The lowest BCUT2D eigenvalue weighted by atomic mass is 10.1. The summed E-state index contributed by atoms with van der Waals surface area (Å²) in [6.45, 7) is 0. The number of pyridine rings is 1. The zero-order valence-corrected chi connectivity index (χ0v) is 10.9. The van der Waals surface area contributed by atoms with Crippen LogP contribution in [0.2, 0.25) is 0 Å². The number of ether oxygens (including phenoxy) is 1. The Bertz CT molecular complexity index is 618. The van der Waals surface area contributed by atoms with Crippen molar-refractivity contribution in [1.82, 2.24) is 10.3 Å². The molecule has 0 aliphatic rings. The molecule has 2 aromatic rings. The first-order valence-electron chi connectivity index (χ1n) is 5.99. The number of carbonyl (C=O) groups excluding carboxylic acids is 1. The van der Waals surface area contributed by atoms with Gasteiger partial charge in [0.05, 0.1) is 13.2 Å². The first kappa shape index (κ1) is 13.6. The predicted octanol–water partition coefficient (Wildman–Crippen LogP) is 2.08. The maximum absolute atomic E-state index is 12.1. The summed E-state index contributed by atoms with van der Waals surface area (Å²) in [4.78, 5) is 16.0. The van der Waals surface area contributed by atoms with E-state index in [9.17, 15) is 4.79 Å². The standard InChI is InChI=1S/C15H13N3O2/c1-20-13-6-4-11(5-7-13)15(19)18-14(9-16)12-3-2-8-17-10-12/h2-8,10,14H,1H3,(H,18,19). The molecule has 1 aromatic heterocycles. The van der Waals surface area contributed by atoms with Gasteiger partial charge in [0.2, 0.25) is 0 Å². The monoisotopic (exact) mass is 267 g/mol. The normalized spacial score (nSPS) is 11.2. The van der Waals surface area contributed by atoms with Gasteiger partial charge < -0.3 is 10.1 Å². The highest BCUT2D eigenvalue weighted by molar-refractivity contribution is 5.94. The summed E-state index contributed by atoms with van der Waals surface area (Å²) in [5, 5.41) is 11.8. The van der Waals surface area contributed by atoms with E-state index in [1.54, 1.807) is 55.9 Å². The van der Waals surface area contributed by atoms with Gasteiger partial charge in [-0.1, -0.05) is 6.07 Å². The third kappa shape index (κ3) is 3.12. The lowest BCUT2D eigenvalue weighted by Gasteiger charge is -2.11. The second kappa shape index (κ2) is 6.34. The van der Waals surface area contributed by atoms with Crippen LogP contribution in [-0.2, 0) is 0 Å². The lowest BCUT2D eigenvalue weighted by molar-refractivity contribution is 0.0945. The summed E-state index contributed by atoms with van der Waals surface area (Å²) in [6.07, 6.45) is 3.17. The molecular formula is C15H13N3O2. The largest absolute Gasteiger partial charge is 0.497 e. The molecule has 0 aliphatic carbocycles. The molecule has 0 saturated heterocycles. The fraction of sp³-hybridized carbons (Fsp3) is 0.133. The summed E-state index contributed by atoms with van der Waals surface area (Å²) < 4.78 is 5.03. The van der Waals surface area contributed by atoms with Crippen LogP contribution in [0.5, 0.6) is 5.75 Å². The van der Waals surface area contributed by atoms with E-state index in [0.29, 0.717) is 16.9 Å². The fourth-order valence-electron chi connectivity index (χ4n) is 1.69. The summed E-state index contributed by atoms with van der Waals surface area (Å²) in [7, 11) is 1.56. The molecule has 0 radical (unpaired) electrons. The second-order valence-corrected chi connectivity index (χ2v) is 4.05. The molecule has 5 heteroatoms. The maximum atomic E-state index is 12.1. The molecule has 100 valence electrons. The molecule has 1 unspecified atom stereocenters. The van der Waals surface area contributed by atoms with E-state index in [1.165, 1.54) is 0 Å². The number of hydrogen-bond donors (Lipinski definition) is 1. The van der Waals surface area contributed by atoms with Crippen molar-refractivity contribution in [3.8, 4) is 11.8 Å². The minimum absolute atomic E-state index is 0.317. The average molecular weight is 267 g/mol. The Kier molecular flexibility index (Phi) is 4.30. The van der Waals surface area contributed by atoms with E-state index in [1.807, 2.05) is 6.07 Å². The van der Waals surface area contributed by atoms with Gasteiger partial charge in [-0.3, -0.25) is 9.78 Å². The van der Waals surface area contributed by atoms with Crippen molar-refractivity contribution in [3.05, 3.63) is 59.9 Å². The fourth-order valence-corrected chi connectivity index (χ4v) is 1.69. The Morgan fingerprint density at radius 2 is 2.10 bits per heavy atom. The molecule has 0 bridgehead atoms. The minimum Gasteiger partial charge on any atom is -0.497 e. The molecule has 2 rings (SSSR count). The first-order chi connectivity index (χ1) is 9.74. The maximum Gasteiger partial charge on any atom is 0.252 e. The van der Waals surface area contributed by atoms with Crippen molar-refractivity contribution < 1.29 is 9.53 Å². The lowest BCUT2D eigenvalue weighted by Crippen LogP contribution is -2.27. The van der Waals surface area contributed by atoms with E-state index >= 15 is 0 Å². The van der Waals surface area contributed by atoms with Crippen molar-refractivity contribution in [2.45, 2.75) is 6.04 Å². The van der Waals surface area contributed by atoms with Gasteiger partial charge in [0.1, 0.15) is 11.8 Å². The molecule has 0 spiro atoms. The van der Waals surface area contributed by atoms with Crippen LogP contribution in [0.25, 0.3) is 0 Å². The van der Waals surface area contributed by atoms with Crippen molar-refractivity contribution in [2.24, 2.45) is 0 Å². The minimum atomic E-state index is -0.724. The van der Waals surface area contributed by atoms with Crippen LogP contribution in [0.4, 0.5) is 0 Å². The second-order valence-electron chi connectivity index (χ2n) is 4.05. The van der Waals surface area contributed by atoms with Crippen LogP contribution in [-0.4, -0.2) is 18.0 Å². The highest BCUT2D eigenvalue weighted by Crippen LogP contribution is 2.14. The molecule has 1 N–H and O–H groups in total. The quantitative estimate of drug-likeness (QED) is 0.920. The molecule has 1 aromatic carbocycles. The van der Waals surface area contributed by atoms with Crippen LogP contribution < -0.4 is 10.1 Å². The third-order valence-corrected chi connectivity index (χ3v) is 2.77. The van der Waals surface area contributed by atoms with Gasteiger partial charge in [0.15, 0.2) is 0 Å². The molecule has 1 amide bonds. The topological polar surface area (TPSA) is 75.0 Å². The predicted molar refractivity (Wildman–Crippen MR) is 73.1 cm³/mol. The first-order valence-corrected chi connectivity index (χ1v) is 5.99. The van der Waals surface area contributed by atoms with Crippen LogP contribution in [0.1, 0.15) is 22.0 Å².